The Morgan fingerprint density at radius 2 is 1.40 bits per heavy atom. The van der Waals surface area contributed by atoms with Crippen molar-refractivity contribution in [3.05, 3.63) is 89.0 Å². The number of halogens is 1. The van der Waals surface area contributed by atoms with Crippen molar-refractivity contribution in [1.82, 2.24) is 0 Å². The standard InChI is InChI=1S/C21H19ClO6S2/c1-15-2-8-20(9-3-15)30(26,27)28-21-13-17(14-22)4-7-18(21)12-16-5-10-19(11-6-16)29(23,24)25/h2-11,13H,12,14H2,1H3,(H,23,24,25). The molecule has 0 saturated heterocycles. The molecule has 0 aliphatic carbocycles. The van der Waals surface area contributed by atoms with Gasteiger partial charge in [0.2, 0.25) is 0 Å². The molecule has 3 aromatic rings. The van der Waals surface area contributed by atoms with Crippen LogP contribution in [-0.4, -0.2) is 21.4 Å². The number of alkyl halides is 1. The zero-order valence-electron chi connectivity index (χ0n) is 15.9. The zero-order valence-corrected chi connectivity index (χ0v) is 18.3. The molecular formula is C21H19ClO6S2. The Hall–Kier alpha value is -2.39. The van der Waals surface area contributed by atoms with Gasteiger partial charge in [-0.05, 0) is 48.4 Å². The van der Waals surface area contributed by atoms with E-state index in [2.05, 4.69) is 0 Å². The van der Waals surface area contributed by atoms with Crippen molar-refractivity contribution in [3.8, 4) is 5.75 Å². The summed E-state index contributed by atoms with van der Waals surface area (Å²) in [6.07, 6.45) is 0.285. The maximum Gasteiger partial charge on any atom is 0.339 e. The molecule has 0 spiro atoms. The van der Waals surface area contributed by atoms with Crippen LogP contribution in [0.3, 0.4) is 0 Å². The van der Waals surface area contributed by atoms with Gasteiger partial charge in [-0.3, -0.25) is 4.55 Å². The average molecular weight is 467 g/mol. The Labute approximate surface area is 181 Å². The Kier molecular flexibility index (Phi) is 6.52. The van der Waals surface area contributed by atoms with Crippen LogP contribution in [0, 0.1) is 6.92 Å². The monoisotopic (exact) mass is 466 g/mol. The van der Waals surface area contributed by atoms with E-state index in [9.17, 15) is 16.8 Å². The lowest BCUT2D eigenvalue weighted by Gasteiger charge is -2.13. The van der Waals surface area contributed by atoms with Crippen LogP contribution in [0.25, 0.3) is 0 Å². The molecule has 0 saturated carbocycles. The highest BCUT2D eigenvalue weighted by Crippen LogP contribution is 2.28. The van der Waals surface area contributed by atoms with Crippen LogP contribution in [0.2, 0.25) is 0 Å². The largest absolute Gasteiger partial charge is 0.379 e. The molecule has 0 bridgehead atoms. The lowest BCUT2D eigenvalue weighted by molar-refractivity contribution is 0.481. The first kappa shape index (κ1) is 22.3. The second-order valence-electron chi connectivity index (χ2n) is 6.72. The predicted molar refractivity (Wildman–Crippen MR) is 114 cm³/mol. The summed E-state index contributed by atoms with van der Waals surface area (Å²) in [7, 11) is -8.34. The fourth-order valence-corrected chi connectivity index (χ4v) is 4.38. The molecule has 1 N–H and O–H groups in total. The van der Waals surface area contributed by atoms with E-state index in [1.807, 2.05) is 6.92 Å². The lowest BCUT2D eigenvalue weighted by atomic mass is 10.0. The molecule has 0 aliphatic heterocycles. The smallest absolute Gasteiger partial charge is 0.339 e. The van der Waals surface area contributed by atoms with Crippen molar-refractivity contribution >= 4 is 31.8 Å². The van der Waals surface area contributed by atoms with Crippen molar-refractivity contribution in [3.63, 3.8) is 0 Å². The highest BCUT2D eigenvalue weighted by molar-refractivity contribution is 7.87. The minimum atomic E-state index is -4.29. The van der Waals surface area contributed by atoms with E-state index in [4.69, 9.17) is 20.3 Å². The molecule has 3 rings (SSSR count). The third kappa shape index (κ3) is 5.40. The van der Waals surface area contributed by atoms with E-state index in [-0.39, 0.29) is 27.8 Å². The van der Waals surface area contributed by atoms with Crippen LogP contribution in [-0.2, 0) is 32.5 Å². The second kappa shape index (κ2) is 8.77. The van der Waals surface area contributed by atoms with Gasteiger partial charge in [0.25, 0.3) is 10.1 Å². The summed E-state index contributed by atoms with van der Waals surface area (Å²) in [5, 5.41) is 0. The van der Waals surface area contributed by atoms with Gasteiger partial charge < -0.3 is 4.18 Å². The molecule has 158 valence electrons. The Morgan fingerprint density at radius 3 is 1.97 bits per heavy atom. The fourth-order valence-electron chi connectivity index (χ4n) is 2.78. The van der Waals surface area contributed by atoms with Gasteiger partial charge >= 0.3 is 10.1 Å². The highest BCUT2D eigenvalue weighted by atomic mass is 35.5. The van der Waals surface area contributed by atoms with E-state index < -0.39 is 20.2 Å². The van der Waals surface area contributed by atoms with Gasteiger partial charge in [0.15, 0.2) is 0 Å². The van der Waals surface area contributed by atoms with Gasteiger partial charge in [-0.25, -0.2) is 0 Å². The first-order valence-electron chi connectivity index (χ1n) is 8.84. The van der Waals surface area contributed by atoms with Gasteiger partial charge in [0.05, 0.1) is 4.90 Å². The molecule has 0 aromatic heterocycles. The number of aryl methyl sites for hydroxylation is 1. The third-order valence-corrected chi connectivity index (χ3v) is 6.84. The van der Waals surface area contributed by atoms with E-state index in [1.54, 1.807) is 30.3 Å². The summed E-state index contributed by atoms with van der Waals surface area (Å²) in [6, 6.07) is 17.0. The van der Waals surface area contributed by atoms with E-state index >= 15 is 0 Å². The van der Waals surface area contributed by atoms with Crippen molar-refractivity contribution in [2.24, 2.45) is 0 Å². The zero-order chi connectivity index (χ0) is 21.9. The van der Waals surface area contributed by atoms with E-state index in [0.717, 1.165) is 5.56 Å². The predicted octanol–water partition coefficient (Wildman–Crippen LogP) is 4.34. The van der Waals surface area contributed by atoms with Crippen LogP contribution in [0.15, 0.2) is 76.5 Å². The Bertz CT molecular complexity index is 1250. The topological polar surface area (TPSA) is 97.7 Å². The normalized spacial score (nSPS) is 12.0. The Morgan fingerprint density at radius 1 is 0.833 bits per heavy atom. The SMILES string of the molecule is Cc1ccc(S(=O)(=O)Oc2cc(CCl)ccc2Cc2ccc(S(=O)(=O)O)cc2)cc1. The first-order chi connectivity index (χ1) is 14.1. The molecule has 0 radical (unpaired) electrons. The maximum atomic E-state index is 12.7. The van der Waals surface area contributed by atoms with Crippen molar-refractivity contribution < 1.29 is 25.6 Å². The van der Waals surface area contributed by atoms with Crippen LogP contribution in [0.1, 0.15) is 22.3 Å². The van der Waals surface area contributed by atoms with Crippen molar-refractivity contribution in [2.75, 3.05) is 0 Å². The summed E-state index contributed by atoms with van der Waals surface area (Å²) in [5.41, 5.74) is 2.90. The summed E-state index contributed by atoms with van der Waals surface area (Å²) in [6.45, 7) is 1.85. The summed E-state index contributed by atoms with van der Waals surface area (Å²) in [5.74, 6) is 0.331. The van der Waals surface area contributed by atoms with Crippen LogP contribution < -0.4 is 4.18 Å². The lowest BCUT2D eigenvalue weighted by Crippen LogP contribution is -2.11. The van der Waals surface area contributed by atoms with Gasteiger partial charge in [0, 0.05) is 17.9 Å². The number of hydrogen-bond donors (Lipinski definition) is 1. The molecule has 30 heavy (non-hydrogen) atoms. The quantitative estimate of drug-likeness (QED) is 0.316. The number of benzene rings is 3. The third-order valence-electron chi connectivity index (χ3n) is 4.41. The number of rotatable bonds is 7. The minimum Gasteiger partial charge on any atom is -0.379 e. The Balaban J connectivity index is 1.93. The molecule has 3 aromatic carbocycles. The molecule has 0 heterocycles. The molecule has 0 unspecified atom stereocenters. The van der Waals surface area contributed by atoms with Crippen molar-refractivity contribution in [1.29, 1.82) is 0 Å². The van der Waals surface area contributed by atoms with Gasteiger partial charge in [-0.2, -0.15) is 16.8 Å². The fraction of sp³-hybridized carbons (Fsp3) is 0.143. The van der Waals surface area contributed by atoms with E-state index in [0.29, 0.717) is 16.7 Å². The molecule has 0 aliphatic rings. The van der Waals surface area contributed by atoms with Gasteiger partial charge in [-0.15, -0.1) is 11.6 Å². The molecule has 9 heteroatoms. The average Bonchev–Trinajstić information content (AvgIpc) is 2.69. The second-order valence-corrected chi connectivity index (χ2v) is 9.96. The highest BCUT2D eigenvalue weighted by Gasteiger charge is 2.19. The van der Waals surface area contributed by atoms with Crippen LogP contribution in [0.5, 0.6) is 5.75 Å². The molecule has 0 atom stereocenters. The first-order valence-corrected chi connectivity index (χ1v) is 12.2. The van der Waals surface area contributed by atoms with Crippen LogP contribution >= 0.6 is 11.6 Å². The molecular weight excluding hydrogens is 448 g/mol. The summed E-state index contributed by atoms with van der Waals surface area (Å²) >= 11 is 5.89. The summed E-state index contributed by atoms with van der Waals surface area (Å²) < 4.78 is 62.4. The van der Waals surface area contributed by atoms with Crippen molar-refractivity contribution in [2.45, 2.75) is 29.0 Å². The van der Waals surface area contributed by atoms with E-state index in [1.165, 1.54) is 36.4 Å². The molecule has 6 nitrogen and oxygen atoms in total. The maximum absolute atomic E-state index is 12.7. The molecule has 0 fully saturated rings. The molecule has 0 amide bonds. The number of hydrogen-bond acceptors (Lipinski definition) is 5. The van der Waals surface area contributed by atoms with Crippen LogP contribution in [0.4, 0.5) is 0 Å². The van der Waals surface area contributed by atoms with Gasteiger partial charge in [-0.1, -0.05) is 42.0 Å². The van der Waals surface area contributed by atoms with Gasteiger partial charge in [0.1, 0.15) is 10.6 Å². The summed E-state index contributed by atoms with van der Waals surface area (Å²) in [4.78, 5) is -0.185. The minimum absolute atomic E-state index is 0.0350.